The summed E-state index contributed by atoms with van der Waals surface area (Å²) in [6, 6.07) is 16.3. The van der Waals surface area contributed by atoms with Gasteiger partial charge in [0, 0.05) is 39.3 Å². The van der Waals surface area contributed by atoms with E-state index in [4.69, 9.17) is 4.74 Å². The van der Waals surface area contributed by atoms with E-state index < -0.39 is 0 Å². The first kappa shape index (κ1) is 19.5. The Morgan fingerprint density at radius 2 is 1.78 bits per heavy atom. The minimum absolute atomic E-state index is 0. The number of nitrogens with zero attached hydrogens (tertiary/aromatic N) is 3. The van der Waals surface area contributed by atoms with E-state index in [2.05, 4.69) is 37.2 Å². The number of aromatic nitrogens is 2. The number of piperazine rings is 1. The van der Waals surface area contributed by atoms with Gasteiger partial charge in [-0.15, -0.1) is 17.0 Å². The summed E-state index contributed by atoms with van der Waals surface area (Å²) >= 11 is 0. The van der Waals surface area contributed by atoms with Gasteiger partial charge in [0.25, 0.3) is 0 Å². The van der Waals surface area contributed by atoms with Crippen LogP contribution in [0.5, 0.6) is 5.75 Å². The van der Waals surface area contributed by atoms with E-state index in [0.717, 1.165) is 62.0 Å². The van der Waals surface area contributed by atoms with Crippen molar-refractivity contribution in [1.29, 1.82) is 0 Å². The molecule has 3 aromatic rings. The Morgan fingerprint density at radius 1 is 1.04 bits per heavy atom. The number of para-hydroxylation sites is 4. The van der Waals surface area contributed by atoms with Crippen LogP contribution in [-0.2, 0) is 0 Å². The largest absolute Gasteiger partial charge is 0.495 e. The highest BCUT2D eigenvalue weighted by Crippen LogP contribution is 2.28. The van der Waals surface area contributed by atoms with Crippen LogP contribution in [0.2, 0.25) is 0 Å². The number of benzene rings is 2. The quantitative estimate of drug-likeness (QED) is 0.626. The van der Waals surface area contributed by atoms with E-state index in [9.17, 15) is 0 Å². The lowest BCUT2D eigenvalue weighted by Crippen LogP contribution is -2.47. The van der Waals surface area contributed by atoms with E-state index in [1.807, 2.05) is 36.4 Å². The van der Waals surface area contributed by atoms with Crippen molar-refractivity contribution in [1.82, 2.24) is 14.9 Å². The first-order valence-electron chi connectivity index (χ1n) is 9.12. The van der Waals surface area contributed by atoms with Gasteiger partial charge in [-0.3, -0.25) is 4.90 Å². The average Bonchev–Trinajstić information content (AvgIpc) is 3.11. The molecule has 0 saturated carbocycles. The summed E-state index contributed by atoms with van der Waals surface area (Å²) in [6.07, 6.45) is 0. The second-order valence-corrected chi connectivity index (χ2v) is 6.53. The molecule has 2 N–H and O–H groups in total. The number of hydrogen-bond donors (Lipinski definition) is 2. The van der Waals surface area contributed by atoms with Gasteiger partial charge in [0.05, 0.1) is 23.8 Å². The number of anilines is 2. The number of imidazole rings is 1. The predicted octanol–water partition coefficient (Wildman–Crippen LogP) is 3.38. The van der Waals surface area contributed by atoms with Crippen molar-refractivity contribution in [3.05, 3.63) is 48.5 Å². The lowest BCUT2D eigenvalue weighted by molar-refractivity contribution is 0.266. The lowest BCUT2D eigenvalue weighted by atomic mass is 10.2. The summed E-state index contributed by atoms with van der Waals surface area (Å²) < 4.78 is 5.49. The molecule has 7 heteroatoms. The van der Waals surface area contributed by atoms with Crippen molar-refractivity contribution in [3.63, 3.8) is 0 Å². The van der Waals surface area contributed by atoms with Gasteiger partial charge < -0.3 is 19.9 Å². The molecular weight excluding hydrogens is 406 g/mol. The van der Waals surface area contributed by atoms with Crippen LogP contribution in [0.1, 0.15) is 0 Å². The highest BCUT2D eigenvalue weighted by Gasteiger charge is 2.19. The molecule has 4 rings (SSSR count). The van der Waals surface area contributed by atoms with Crippen LogP contribution in [0.15, 0.2) is 48.5 Å². The number of nitrogens with one attached hydrogen (secondary N) is 2. The van der Waals surface area contributed by atoms with Crippen LogP contribution in [-0.4, -0.2) is 61.2 Å². The fourth-order valence-electron chi connectivity index (χ4n) is 3.47. The predicted molar refractivity (Wildman–Crippen MR) is 117 cm³/mol. The van der Waals surface area contributed by atoms with Gasteiger partial charge >= 0.3 is 0 Å². The van der Waals surface area contributed by atoms with Crippen molar-refractivity contribution < 1.29 is 4.74 Å². The number of aromatic amines is 1. The fourth-order valence-corrected chi connectivity index (χ4v) is 3.47. The third-order valence-corrected chi connectivity index (χ3v) is 4.91. The molecule has 1 saturated heterocycles. The summed E-state index contributed by atoms with van der Waals surface area (Å²) in [5.41, 5.74) is 3.26. The van der Waals surface area contributed by atoms with E-state index in [1.54, 1.807) is 7.11 Å². The molecule has 2 aromatic carbocycles. The first-order chi connectivity index (χ1) is 12.8. The maximum Gasteiger partial charge on any atom is 0.201 e. The SMILES string of the molecule is Br.COc1ccccc1N1CCN(CCNc2nc3ccccc3[nH]2)CC1. The Kier molecular flexibility index (Phi) is 6.58. The molecule has 144 valence electrons. The summed E-state index contributed by atoms with van der Waals surface area (Å²) in [7, 11) is 1.73. The number of rotatable bonds is 6. The number of halogens is 1. The van der Waals surface area contributed by atoms with Crippen LogP contribution < -0.4 is 15.0 Å². The number of methoxy groups -OCH3 is 1. The molecule has 6 nitrogen and oxygen atoms in total. The molecule has 2 heterocycles. The van der Waals surface area contributed by atoms with Crippen molar-refractivity contribution in [2.24, 2.45) is 0 Å². The molecule has 0 radical (unpaired) electrons. The Bertz CT molecular complexity index is 827. The smallest absolute Gasteiger partial charge is 0.201 e. The fraction of sp³-hybridized carbons (Fsp3) is 0.350. The maximum atomic E-state index is 5.49. The zero-order valence-electron chi connectivity index (χ0n) is 15.5. The van der Waals surface area contributed by atoms with Crippen LogP contribution >= 0.6 is 17.0 Å². The third-order valence-electron chi connectivity index (χ3n) is 4.91. The van der Waals surface area contributed by atoms with Gasteiger partial charge in [-0.2, -0.15) is 0 Å². The molecule has 0 aliphatic carbocycles. The zero-order valence-corrected chi connectivity index (χ0v) is 17.2. The van der Waals surface area contributed by atoms with E-state index in [0.29, 0.717) is 0 Å². The van der Waals surface area contributed by atoms with Crippen LogP contribution in [0, 0.1) is 0 Å². The van der Waals surface area contributed by atoms with Gasteiger partial charge in [0.1, 0.15) is 5.75 Å². The molecule has 1 aliphatic rings. The van der Waals surface area contributed by atoms with Gasteiger partial charge in [0.15, 0.2) is 0 Å². The van der Waals surface area contributed by atoms with Crippen molar-refractivity contribution in [3.8, 4) is 5.75 Å². The summed E-state index contributed by atoms with van der Waals surface area (Å²) in [6.45, 7) is 6.04. The van der Waals surface area contributed by atoms with Crippen molar-refractivity contribution in [2.75, 3.05) is 56.6 Å². The molecule has 0 amide bonds. The molecule has 0 bridgehead atoms. The average molecular weight is 432 g/mol. The van der Waals surface area contributed by atoms with Gasteiger partial charge in [-0.25, -0.2) is 4.98 Å². The van der Waals surface area contributed by atoms with E-state index in [-0.39, 0.29) is 17.0 Å². The van der Waals surface area contributed by atoms with Gasteiger partial charge in [-0.05, 0) is 24.3 Å². The number of ether oxygens (including phenoxy) is 1. The van der Waals surface area contributed by atoms with E-state index in [1.165, 1.54) is 5.69 Å². The van der Waals surface area contributed by atoms with Crippen molar-refractivity contribution in [2.45, 2.75) is 0 Å². The zero-order chi connectivity index (χ0) is 17.8. The molecule has 1 aromatic heterocycles. The second-order valence-electron chi connectivity index (χ2n) is 6.53. The number of hydrogen-bond acceptors (Lipinski definition) is 5. The second kappa shape index (κ2) is 9.10. The maximum absolute atomic E-state index is 5.49. The Labute approximate surface area is 170 Å². The molecule has 27 heavy (non-hydrogen) atoms. The van der Waals surface area contributed by atoms with Gasteiger partial charge in [0.2, 0.25) is 5.95 Å². The summed E-state index contributed by atoms with van der Waals surface area (Å²) in [5, 5.41) is 3.40. The standard InChI is InChI=1S/C20H25N5O.BrH/c1-26-19-9-5-4-8-18(19)25-14-12-24(13-15-25)11-10-21-20-22-16-6-2-3-7-17(16)23-20;/h2-9H,10-15H2,1H3,(H2,21,22,23);1H. The van der Waals surface area contributed by atoms with E-state index >= 15 is 0 Å². The molecule has 0 unspecified atom stereocenters. The molecule has 1 fully saturated rings. The Hall–Kier alpha value is -2.25. The van der Waals surface area contributed by atoms with Gasteiger partial charge in [-0.1, -0.05) is 24.3 Å². The van der Waals surface area contributed by atoms with Crippen molar-refractivity contribution >= 4 is 39.7 Å². The highest BCUT2D eigenvalue weighted by atomic mass is 79.9. The first-order valence-corrected chi connectivity index (χ1v) is 9.12. The number of fused-ring (bicyclic) bond motifs is 1. The highest BCUT2D eigenvalue weighted by molar-refractivity contribution is 8.93. The normalized spacial score (nSPS) is 14.8. The summed E-state index contributed by atoms with van der Waals surface area (Å²) in [5.74, 6) is 1.80. The Morgan fingerprint density at radius 3 is 2.56 bits per heavy atom. The van der Waals surface area contributed by atoms with Crippen LogP contribution in [0.25, 0.3) is 11.0 Å². The minimum atomic E-state index is 0. The Balaban J connectivity index is 0.00000210. The van der Waals surface area contributed by atoms with Crippen LogP contribution in [0.4, 0.5) is 11.6 Å². The lowest BCUT2D eigenvalue weighted by Gasteiger charge is -2.36. The molecule has 0 spiro atoms. The third kappa shape index (κ3) is 4.54. The molecular formula is C20H26BrN5O. The molecule has 0 atom stereocenters. The monoisotopic (exact) mass is 431 g/mol. The summed E-state index contributed by atoms with van der Waals surface area (Å²) in [4.78, 5) is 12.8. The minimum Gasteiger partial charge on any atom is -0.495 e. The number of H-pyrrole nitrogens is 1. The topological polar surface area (TPSA) is 56.4 Å². The van der Waals surface area contributed by atoms with Crippen LogP contribution in [0.3, 0.4) is 0 Å². The molecule has 1 aliphatic heterocycles.